The summed E-state index contributed by atoms with van der Waals surface area (Å²) < 4.78 is 27.7. The van der Waals surface area contributed by atoms with Crippen LogP contribution in [0, 0.1) is 0 Å². The molecular formula is C19H22N2O3S. The van der Waals surface area contributed by atoms with E-state index in [0.29, 0.717) is 17.2 Å². The summed E-state index contributed by atoms with van der Waals surface area (Å²) >= 11 is 0. The minimum Gasteiger partial charge on any atom is -0.349 e. The molecule has 2 aromatic rings. The Morgan fingerprint density at radius 3 is 2.36 bits per heavy atom. The summed E-state index contributed by atoms with van der Waals surface area (Å²) in [4.78, 5) is 12.2. The fourth-order valence-electron chi connectivity index (χ4n) is 2.45. The minimum atomic E-state index is -3.75. The van der Waals surface area contributed by atoms with E-state index in [1.54, 1.807) is 24.3 Å². The van der Waals surface area contributed by atoms with Crippen LogP contribution in [0.3, 0.4) is 0 Å². The van der Waals surface area contributed by atoms with Gasteiger partial charge in [0, 0.05) is 17.3 Å². The lowest BCUT2D eigenvalue weighted by Gasteiger charge is -2.11. The van der Waals surface area contributed by atoms with Crippen LogP contribution >= 0.6 is 0 Å². The second kappa shape index (κ2) is 6.88. The molecule has 0 aromatic heterocycles. The fraction of sp³-hybridized carbons (Fsp3) is 0.316. The van der Waals surface area contributed by atoms with Crippen molar-refractivity contribution in [2.24, 2.45) is 0 Å². The molecule has 1 saturated carbocycles. The molecule has 1 amide bonds. The first kappa shape index (κ1) is 17.5. The molecule has 2 aromatic carbocycles. The number of amides is 1. The van der Waals surface area contributed by atoms with Crippen molar-refractivity contribution in [3.05, 3.63) is 59.7 Å². The zero-order chi connectivity index (χ0) is 18.0. The van der Waals surface area contributed by atoms with Crippen LogP contribution in [0.4, 0.5) is 5.69 Å². The predicted octanol–water partition coefficient (Wildman–Crippen LogP) is 3.50. The van der Waals surface area contributed by atoms with E-state index in [2.05, 4.69) is 23.9 Å². The van der Waals surface area contributed by atoms with E-state index in [9.17, 15) is 13.2 Å². The van der Waals surface area contributed by atoms with Gasteiger partial charge >= 0.3 is 0 Å². The number of anilines is 1. The number of nitrogens with one attached hydrogen (secondary N) is 2. The highest BCUT2D eigenvalue weighted by Crippen LogP contribution is 2.22. The van der Waals surface area contributed by atoms with Crippen molar-refractivity contribution in [1.29, 1.82) is 0 Å². The van der Waals surface area contributed by atoms with Gasteiger partial charge in [-0.15, -0.1) is 0 Å². The molecule has 0 bridgehead atoms. The Hall–Kier alpha value is -2.34. The van der Waals surface area contributed by atoms with Crippen LogP contribution < -0.4 is 10.0 Å². The van der Waals surface area contributed by atoms with Crippen LogP contribution in [0.2, 0.25) is 0 Å². The Morgan fingerprint density at radius 2 is 1.76 bits per heavy atom. The first-order valence-electron chi connectivity index (χ1n) is 8.39. The maximum Gasteiger partial charge on any atom is 0.261 e. The molecule has 0 heterocycles. The Labute approximate surface area is 148 Å². The summed E-state index contributed by atoms with van der Waals surface area (Å²) in [7, 11) is -3.75. The van der Waals surface area contributed by atoms with Crippen molar-refractivity contribution in [3.63, 3.8) is 0 Å². The molecule has 1 fully saturated rings. The smallest absolute Gasteiger partial charge is 0.261 e. The predicted molar refractivity (Wildman–Crippen MR) is 98.3 cm³/mol. The van der Waals surface area contributed by atoms with Crippen LogP contribution in [-0.2, 0) is 10.0 Å². The second-order valence-electron chi connectivity index (χ2n) is 6.66. The summed E-state index contributed by atoms with van der Waals surface area (Å²) in [6, 6.07) is 13.6. The largest absolute Gasteiger partial charge is 0.349 e. The van der Waals surface area contributed by atoms with Gasteiger partial charge in [0.05, 0.1) is 4.90 Å². The molecule has 3 rings (SSSR count). The van der Waals surface area contributed by atoms with Gasteiger partial charge in [-0.3, -0.25) is 9.52 Å². The van der Waals surface area contributed by atoms with E-state index in [4.69, 9.17) is 0 Å². The van der Waals surface area contributed by atoms with Gasteiger partial charge in [-0.2, -0.15) is 0 Å². The average Bonchev–Trinajstić information content (AvgIpc) is 3.39. The Balaban J connectivity index is 1.78. The number of carbonyl (C=O) groups is 1. The third-order valence-corrected chi connectivity index (χ3v) is 5.53. The first-order valence-corrected chi connectivity index (χ1v) is 9.87. The monoisotopic (exact) mass is 358 g/mol. The normalized spacial score (nSPS) is 14.4. The van der Waals surface area contributed by atoms with Gasteiger partial charge in [-0.05, 0) is 54.7 Å². The van der Waals surface area contributed by atoms with Gasteiger partial charge in [0.15, 0.2) is 0 Å². The van der Waals surface area contributed by atoms with Crippen LogP contribution in [0.1, 0.15) is 48.5 Å². The molecule has 0 radical (unpaired) electrons. The van der Waals surface area contributed by atoms with Gasteiger partial charge in [0.2, 0.25) is 0 Å². The van der Waals surface area contributed by atoms with E-state index in [1.807, 2.05) is 12.1 Å². The molecule has 0 atom stereocenters. The number of benzene rings is 2. The van der Waals surface area contributed by atoms with Crippen LogP contribution in [0.25, 0.3) is 0 Å². The summed E-state index contributed by atoms with van der Waals surface area (Å²) in [6.45, 7) is 4.16. The quantitative estimate of drug-likeness (QED) is 0.830. The van der Waals surface area contributed by atoms with Crippen molar-refractivity contribution in [3.8, 4) is 0 Å². The summed E-state index contributed by atoms with van der Waals surface area (Å²) in [5, 5.41) is 2.86. The SMILES string of the molecule is CC(C)c1ccc(NS(=O)(=O)c2cccc(C(=O)NC3CC3)c2)cc1. The zero-order valence-corrected chi connectivity index (χ0v) is 15.1. The number of sulfonamides is 1. The van der Waals surface area contributed by atoms with E-state index in [0.717, 1.165) is 18.4 Å². The lowest BCUT2D eigenvalue weighted by molar-refractivity contribution is 0.0951. The Bertz CT molecular complexity index is 870. The highest BCUT2D eigenvalue weighted by molar-refractivity contribution is 7.92. The fourth-order valence-corrected chi connectivity index (χ4v) is 3.56. The number of hydrogen-bond acceptors (Lipinski definition) is 3. The van der Waals surface area contributed by atoms with Crippen LogP contribution in [-0.4, -0.2) is 20.4 Å². The molecule has 1 aliphatic rings. The number of carbonyl (C=O) groups excluding carboxylic acids is 1. The molecule has 0 spiro atoms. The molecule has 0 saturated heterocycles. The van der Waals surface area contributed by atoms with Crippen LogP contribution in [0.15, 0.2) is 53.4 Å². The zero-order valence-electron chi connectivity index (χ0n) is 14.3. The summed E-state index contributed by atoms with van der Waals surface area (Å²) in [6.07, 6.45) is 1.97. The van der Waals surface area contributed by atoms with Crippen molar-refractivity contribution < 1.29 is 13.2 Å². The van der Waals surface area contributed by atoms with E-state index in [1.165, 1.54) is 12.1 Å². The van der Waals surface area contributed by atoms with E-state index >= 15 is 0 Å². The van der Waals surface area contributed by atoms with Crippen molar-refractivity contribution >= 4 is 21.6 Å². The molecule has 1 aliphatic carbocycles. The average molecular weight is 358 g/mol. The molecule has 25 heavy (non-hydrogen) atoms. The minimum absolute atomic E-state index is 0.0730. The second-order valence-corrected chi connectivity index (χ2v) is 8.34. The van der Waals surface area contributed by atoms with Gasteiger partial charge in [-0.1, -0.05) is 32.0 Å². The standard InChI is InChI=1S/C19H22N2O3S/c1-13(2)14-6-8-17(9-7-14)21-25(23,24)18-5-3-4-15(12-18)19(22)20-16-10-11-16/h3-9,12-13,16,21H,10-11H2,1-2H3,(H,20,22). The van der Waals surface area contributed by atoms with E-state index in [-0.39, 0.29) is 16.8 Å². The van der Waals surface area contributed by atoms with E-state index < -0.39 is 10.0 Å². The Morgan fingerprint density at radius 1 is 1.08 bits per heavy atom. The van der Waals surface area contributed by atoms with Crippen LogP contribution in [0.5, 0.6) is 0 Å². The topological polar surface area (TPSA) is 75.3 Å². The first-order chi connectivity index (χ1) is 11.8. The molecule has 0 aliphatic heterocycles. The van der Waals surface area contributed by atoms with Gasteiger partial charge in [-0.25, -0.2) is 8.42 Å². The van der Waals surface area contributed by atoms with Crippen molar-refractivity contribution in [1.82, 2.24) is 5.32 Å². The van der Waals surface area contributed by atoms with Gasteiger partial charge in [0.1, 0.15) is 0 Å². The molecule has 132 valence electrons. The molecule has 0 unspecified atom stereocenters. The molecule has 5 nitrogen and oxygen atoms in total. The summed E-state index contributed by atoms with van der Waals surface area (Å²) in [5.41, 5.74) is 1.99. The maximum absolute atomic E-state index is 12.6. The maximum atomic E-state index is 12.6. The van der Waals surface area contributed by atoms with Crippen molar-refractivity contribution in [2.45, 2.75) is 43.5 Å². The highest BCUT2D eigenvalue weighted by atomic mass is 32.2. The van der Waals surface area contributed by atoms with Gasteiger partial charge < -0.3 is 5.32 Å². The lowest BCUT2D eigenvalue weighted by Crippen LogP contribution is -2.25. The summed E-state index contributed by atoms with van der Waals surface area (Å²) in [5.74, 6) is 0.146. The number of hydrogen-bond donors (Lipinski definition) is 2. The third-order valence-electron chi connectivity index (χ3n) is 4.15. The van der Waals surface area contributed by atoms with Crippen molar-refractivity contribution in [2.75, 3.05) is 4.72 Å². The molecular weight excluding hydrogens is 336 g/mol. The third kappa shape index (κ3) is 4.39. The highest BCUT2D eigenvalue weighted by Gasteiger charge is 2.24. The lowest BCUT2D eigenvalue weighted by atomic mass is 10.0. The Kier molecular flexibility index (Phi) is 4.81. The molecule has 2 N–H and O–H groups in total. The number of rotatable bonds is 6. The molecule has 6 heteroatoms. The van der Waals surface area contributed by atoms with Gasteiger partial charge in [0.25, 0.3) is 15.9 Å².